The molecular formula is C28H40N2S. The van der Waals surface area contributed by atoms with Crippen molar-refractivity contribution in [1.82, 2.24) is 9.55 Å². The van der Waals surface area contributed by atoms with E-state index in [-0.39, 0.29) is 0 Å². The Morgan fingerprint density at radius 3 is 2.06 bits per heavy atom. The fourth-order valence-electron chi connectivity index (χ4n) is 4.28. The fraction of sp³-hybridized carbons (Fsp3) is 0.536. The van der Waals surface area contributed by atoms with Crippen LogP contribution in [0.25, 0.3) is 17.1 Å². The van der Waals surface area contributed by atoms with E-state index in [1.54, 1.807) is 0 Å². The second kappa shape index (κ2) is 9.73. The quantitative estimate of drug-likeness (QED) is 0.345. The molecule has 168 valence electrons. The highest BCUT2D eigenvalue weighted by molar-refractivity contribution is 7.12. The Balaban J connectivity index is 2.23. The Hall–Kier alpha value is -1.87. The maximum absolute atomic E-state index is 4.90. The lowest BCUT2D eigenvalue weighted by Gasteiger charge is -2.20. The third-order valence-corrected chi connectivity index (χ3v) is 8.22. The van der Waals surface area contributed by atoms with Crippen molar-refractivity contribution < 1.29 is 0 Å². The first-order valence-electron chi connectivity index (χ1n) is 11.9. The van der Waals surface area contributed by atoms with Crippen LogP contribution in [0.4, 0.5) is 0 Å². The molecule has 0 bridgehead atoms. The van der Waals surface area contributed by atoms with Crippen LogP contribution in [0.3, 0.4) is 0 Å². The summed E-state index contributed by atoms with van der Waals surface area (Å²) in [5.74, 6) is 3.86. The molecule has 1 aromatic carbocycles. The predicted molar refractivity (Wildman–Crippen MR) is 137 cm³/mol. The van der Waals surface area contributed by atoms with Gasteiger partial charge in [-0.3, -0.25) is 4.57 Å². The highest BCUT2D eigenvalue weighted by Gasteiger charge is 2.27. The normalized spacial score (nSPS) is 13.2. The largest absolute Gasteiger partial charge is 0.298 e. The van der Waals surface area contributed by atoms with E-state index < -0.39 is 0 Å². The lowest BCUT2D eigenvalue weighted by molar-refractivity contribution is 0.417. The summed E-state index contributed by atoms with van der Waals surface area (Å²) in [5, 5.41) is 0. The molecule has 0 saturated heterocycles. The zero-order chi connectivity index (χ0) is 22.9. The Bertz CT molecular complexity index is 1000. The van der Waals surface area contributed by atoms with Crippen molar-refractivity contribution in [3.05, 3.63) is 57.5 Å². The summed E-state index contributed by atoms with van der Waals surface area (Å²) in [4.78, 5) is 7.89. The van der Waals surface area contributed by atoms with Crippen molar-refractivity contribution in [3.63, 3.8) is 0 Å². The zero-order valence-corrected chi connectivity index (χ0v) is 21.7. The fourth-order valence-corrected chi connectivity index (χ4v) is 5.74. The molecule has 3 aromatic rings. The van der Waals surface area contributed by atoms with E-state index in [1.807, 2.05) is 17.5 Å². The summed E-state index contributed by atoms with van der Waals surface area (Å²) in [6.07, 6.45) is 5.22. The maximum Gasteiger partial charge on any atom is 0.144 e. The van der Waals surface area contributed by atoms with Crippen LogP contribution in [-0.2, 0) is 6.42 Å². The lowest BCUT2D eigenvalue weighted by Crippen LogP contribution is -2.10. The van der Waals surface area contributed by atoms with Gasteiger partial charge in [-0.15, -0.1) is 11.3 Å². The molecule has 2 nitrogen and oxygen atoms in total. The minimum atomic E-state index is 0.475. The topological polar surface area (TPSA) is 17.8 Å². The molecule has 1 atom stereocenters. The van der Waals surface area contributed by atoms with Crippen LogP contribution in [-0.4, -0.2) is 9.55 Å². The monoisotopic (exact) mass is 436 g/mol. The molecule has 0 saturated carbocycles. The van der Waals surface area contributed by atoms with E-state index in [9.17, 15) is 0 Å². The number of benzene rings is 1. The van der Waals surface area contributed by atoms with E-state index in [0.717, 1.165) is 12.2 Å². The molecule has 3 rings (SSSR count). The van der Waals surface area contributed by atoms with Crippen molar-refractivity contribution >= 4 is 11.3 Å². The van der Waals surface area contributed by atoms with Crippen LogP contribution in [0.5, 0.6) is 0 Å². The van der Waals surface area contributed by atoms with Gasteiger partial charge in [-0.2, -0.15) is 0 Å². The highest BCUT2D eigenvalue weighted by Crippen LogP contribution is 2.45. The van der Waals surface area contributed by atoms with Gasteiger partial charge < -0.3 is 0 Å². The zero-order valence-electron chi connectivity index (χ0n) is 20.9. The van der Waals surface area contributed by atoms with Crippen LogP contribution in [0.2, 0.25) is 0 Å². The van der Waals surface area contributed by atoms with Gasteiger partial charge >= 0.3 is 0 Å². The Kier molecular flexibility index (Phi) is 7.47. The maximum atomic E-state index is 4.90. The molecule has 0 fully saturated rings. The van der Waals surface area contributed by atoms with Crippen LogP contribution in [0, 0.1) is 11.8 Å². The van der Waals surface area contributed by atoms with Crippen molar-refractivity contribution in [2.75, 3.05) is 0 Å². The van der Waals surface area contributed by atoms with Crippen LogP contribution < -0.4 is 0 Å². The second-order valence-corrected chi connectivity index (χ2v) is 11.3. The number of hydrogen-bond acceptors (Lipinski definition) is 2. The first kappa shape index (κ1) is 23.8. The summed E-state index contributed by atoms with van der Waals surface area (Å²) in [7, 11) is 0. The van der Waals surface area contributed by atoms with Crippen LogP contribution >= 0.6 is 11.3 Å². The Morgan fingerprint density at radius 1 is 0.839 bits per heavy atom. The van der Waals surface area contributed by atoms with Crippen molar-refractivity contribution in [2.45, 2.75) is 86.5 Å². The molecule has 0 aliphatic heterocycles. The second-order valence-electron chi connectivity index (χ2n) is 10.3. The standard InChI is InChI=1S/C28H40N2S/c1-17(2)21(9)16-22-12-10-11-13-23(22)28-29-14-15-30(28)25-24(18(3)4)26(19(5)6)31-27(25)20(7)8/h10-15,17-21H,16H2,1-9H3/t21-/m0/s1. The number of imidazole rings is 1. The van der Waals surface area contributed by atoms with E-state index in [2.05, 4.69) is 97.3 Å². The molecule has 0 radical (unpaired) electrons. The first-order valence-corrected chi connectivity index (χ1v) is 12.7. The van der Waals surface area contributed by atoms with Crippen molar-refractivity contribution in [1.29, 1.82) is 0 Å². The number of hydrogen-bond donors (Lipinski definition) is 0. The molecule has 0 amide bonds. The summed E-state index contributed by atoms with van der Waals surface area (Å²) >= 11 is 2.00. The third-order valence-electron chi connectivity index (χ3n) is 6.42. The number of rotatable bonds is 8. The third kappa shape index (κ3) is 4.82. The predicted octanol–water partition coefficient (Wildman–Crippen LogP) is 8.81. The van der Waals surface area contributed by atoms with Crippen molar-refractivity contribution in [3.8, 4) is 17.1 Å². The lowest BCUT2D eigenvalue weighted by atomic mass is 9.89. The molecule has 0 aliphatic carbocycles. The van der Waals surface area contributed by atoms with Gasteiger partial charge in [-0.1, -0.05) is 86.6 Å². The molecular weight excluding hydrogens is 396 g/mol. The summed E-state index contributed by atoms with van der Waals surface area (Å²) in [5.41, 5.74) is 5.53. The van der Waals surface area contributed by atoms with E-state index in [1.165, 1.54) is 32.1 Å². The van der Waals surface area contributed by atoms with E-state index in [0.29, 0.717) is 29.6 Å². The molecule has 2 aromatic heterocycles. The van der Waals surface area contributed by atoms with Gasteiger partial charge in [0.1, 0.15) is 5.82 Å². The van der Waals surface area contributed by atoms with Gasteiger partial charge in [0, 0.05) is 27.7 Å². The molecule has 0 unspecified atom stereocenters. The molecule has 31 heavy (non-hydrogen) atoms. The van der Waals surface area contributed by atoms with Gasteiger partial charge in [-0.25, -0.2) is 4.98 Å². The summed E-state index contributed by atoms with van der Waals surface area (Å²) in [6.45, 7) is 20.9. The number of aromatic nitrogens is 2. The van der Waals surface area contributed by atoms with Gasteiger partial charge in [0.25, 0.3) is 0 Å². The number of nitrogens with zero attached hydrogens (tertiary/aromatic N) is 2. The van der Waals surface area contributed by atoms with Gasteiger partial charge in [0.2, 0.25) is 0 Å². The van der Waals surface area contributed by atoms with E-state index in [4.69, 9.17) is 4.98 Å². The van der Waals surface area contributed by atoms with Crippen LogP contribution in [0.15, 0.2) is 36.7 Å². The highest BCUT2D eigenvalue weighted by atomic mass is 32.1. The number of thiophene rings is 1. The molecule has 0 N–H and O–H groups in total. The average molecular weight is 437 g/mol. The summed E-state index contributed by atoms with van der Waals surface area (Å²) in [6, 6.07) is 8.85. The molecule has 3 heteroatoms. The first-order chi connectivity index (χ1) is 14.6. The minimum absolute atomic E-state index is 0.475. The van der Waals surface area contributed by atoms with Crippen LogP contribution in [0.1, 0.15) is 101 Å². The summed E-state index contributed by atoms with van der Waals surface area (Å²) < 4.78 is 2.38. The minimum Gasteiger partial charge on any atom is -0.298 e. The van der Waals surface area contributed by atoms with Gasteiger partial charge in [-0.05, 0) is 47.1 Å². The SMILES string of the molecule is CC(C)c1sc(C(C)C)c(-n2ccnc2-c2ccccc2C[C@H](C)C(C)C)c1C(C)C. The molecule has 0 spiro atoms. The van der Waals surface area contributed by atoms with Crippen molar-refractivity contribution in [2.24, 2.45) is 11.8 Å². The molecule has 2 heterocycles. The van der Waals surface area contributed by atoms with E-state index >= 15 is 0 Å². The average Bonchev–Trinajstić information content (AvgIpc) is 3.32. The van der Waals surface area contributed by atoms with Gasteiger partial charge in [0.15, 0.2) is 0 Å². The molecule has 0 aliphatic rings. The Labute approximate surface area is 193 Å². The van der Waals surface area contributed by atoms with Gasteiger partial charge in [0.05, 0.1) is 5.69 Å². The smallest absolute Gasteiger partial charge is 0.144 e. The Morgan fingerprint density at radius 2 is 1.48 bits per heavy atom.